The van der Waals surface area contributed by atoms with Crippen molar-refractivity contribution in [1.82, 2.24) is 0 Å². The Balaban J connectivity index is 2.31. The molecular formula is C14H15NO2S. The lowest BCUT2D eigenvalue weighted by atomic mass is 10.00. The molecule has 0 spiro atoms. The van der Waals surface area contributed by atoms with Crippen LogP contribution in [0.5, 0.6) is 0 Å². The van der Waals surface area contributed by atoms with E-state index in [1.54, 1.807) is 24.3 Å². The van der Waals surface area contributed by atoms with Crippen molar-refractivity contribution in [2.75, 3.05) is 6.26 Å². The molecule has 1 unspecified atom stereocenters. The van der Waals surface area contributed by atoms with Crippen LogP contribution in [0.2, 0.25) is 0 Å². The maximum absolute atomic E-state index is 11.4. The fourth-order valence-corrected chi connectivity index (χ4v) is 2.41. The molecule has 0 saturated heterocycles. The van der Waals surface area contributed by atoms with Gasteiger partial charge in [-0.3, -0.25) is 0 Å². The lowest BCUT2D eigenvalue weighted by Crippen LogP contribution is -2.11. The quantitative estimate of drug-likeness (QED) is 0.920. The third-order valence-corrected chi connectivity index (χ3v) is 3.95. The van der Waals surface area contributed by atoms with Crippen LogP contribution in [-0.2, 0) is 9.84 Å². The first-order valence-corrected chi connectivity index (χ1v) is 7.48. The monoisotopic (exact) mass is 261 g/mol. The standard InChI is InChI=1S/C14H15NO2S/c1-18(16,17)13-9-7-12(8-10-13)14(15)11-5-3-2-4-6-11/h2-10,14H,15H2,1H3. The molecule has 0 aliphatic carbocycles. The average molecular weight is 261 g/mol. The second kappa shape index (κ2) is 4.92. The largest absolute Gasteiger partial charge is 0.320 e. The molecule has 0 amide bonds. The summed E-state index contributed by atoms with van der Waals surface area (Å²) in [5.41, 5.74) is 8.03. The minimum atomic E-state index is -3.15. The van der Waals surface area contributed by atoms with Gasteiger partial charge in [-0.25, -0.2) is 8.42 Å². The van der Waals surface area contributed by atoms with Gasteiger partial charge in [-0.2, -0.15) is 0 Å². The Morgan fingerprint density at radius 2 is 1.39 bits per heavy atom. The normalized spacial score (nSPS) is 13.2. The summed E-state index contributed by atoms with van der Waals surface area (Å²) in [4.78, 5) is 0.312. The van der Waals surface area contributed by atoms with Crippen LogP contribution in [-0.4, -0.2) is 14.7 Å². The molecule has 0 aliphatic heterocycles. The Morgan fingerprint density at radius 1 is 0.889 bits per heavy atom. The van der Waals surface area contributed by atoms with Crippen LogP contribution < -0.4 is 5.73 Å². The Hall–Kier alpha value is -1.65. The third-order valence-electron chi connectivity index (χ3n) is 2.83. The third kappa shape index (κ3) is 2.78. The smallest absolute Gasteiger partial charge is 0.175 e. The van der Waals surface area contributed by atoms with Crippen LogP contribution in [0.25, 0.3) is 0 Å². The van der Waals surface area contributed by atoms with Crippen molar-refractivity contribution in [2.24, 2.45) is 5.73 Å². The summed E-state index contributed by atoms with van der Waals surface area (Å²) in [5, 5.41) is 0. The van der Waals surface area contributed by atoms with Crippen LogP contribution >= 0.6 is 0 Å². The van der Waals surface area contributed by atoms with Gasteiger partial charge in [-0.05, 0) is 23.3 Å². The first-order valence-electron chi connectivity index (χ1n) is 5.59. The lowest BCUT2D eigenvalue weighted by Gasteiger charge is -2.12. The predicted octanol–water partition coefficient (Wildman–Crippen LogP) is 2.14. The van der Waals surface area contributed by atoms with Crippen molar-refractivity contribution in [3.8, 4) is 0 Å². The molecule has 3 nitrogen and oxygen atoms in total. The summed E-state index contributed by atoms with van der Waals surface area (Å²) < 4.78 is 22.7. The van der Waals surface area contributed by atoms with Gasteiger partial charge in [0.1, 0.15) is 0 Å². The fraction of sp³-hybridized carbons (Fsp3) is 0.143. The minimum Gasteiger partial charge on any atom is -0.320 e. The second-order valence-electron chi connectivity index (χ2n) is 4.23. The highest BCUT2D eigenvalue weighted by Crippen LogP contribution is 2.20. The van der Waals surface area contributed by atoms with Crippen molar-refractivity contribution < 1.29 is 8.42 Å². The molecule has 2 aromatic carbocycles. The van der Waals surface area contributed by atoms with E-state index >= 15 is 0 Å². The van der Waals surface area contributed by atoms with Crippen LogP contribution in [0.4, 0.5) is 0 Å². The number of nitrogens with two attached hydrogens (primary N) is 1. The zero-order chi connectivity index (χ0) is 13.2. The molecule has 2 N–H and O–H groups in total. The van der Waals surface area contributed by atoms with Crippen molar-refractivity contribution in [3.63, 3.8) is 0 Å². The average Bonchev–Trinajstić information content (AvgIpc) is 2.38. The summed E-state index contributed by atoms with van der Waals surface area (Å²) in [6, 6.07) is 16.2. The molecule has 4 heteroatoms. The van der Waals surface area contributed by atoms with Gasteiger partial charge >= 0.3 is 0 Å². The first-order chi connectivity index (χ1) is 8.48. The molecule has 0 heterocycles. The van der Waals surface area contributed by atoms with Gasteiger partial charge in [0.15, 0.2) is 9.84 Å². The molecule has 0 aromatic heterocycles. The first kappa shape index (κ1) is 12.8. The van der Waals surface area contributed by atoms with Gasteiger partial charge in [-0.1, -0.05) is 42.5 Å². The van der Waals surface area contributed by atoms with Crippen molar-refractivity contribution in [1.29, 1.82) is 0 Å². The predicted molar refractivity (Wildman–Crippen MR) is 72.0 cm³/mol. The van der Waals surface area contributed by atoms with E-state index in [-0.39, 0.29) is 6.04 Å². The molecular weight excluding hydrogens is 246 g/mol. The molecule has 2 rings (SSSR count). The van der Waals surface area contributed by atoms with E-state index < -0.39 is 9.84 Å². The van der Waals surface area contributed by atoms with Crippen molar-refractivity contribution in [2.45, 2.75) is 10.9 Å². The molecule has 0 fully saturated rings. The van der Waals surface area contributed by atoms with E-state index in [0.29, 0.717) is 4.90 Å². The topological polar surface area (TPSA) is 60.2 Å². The van der Waals surface area contributed by atoms with Crippen molar-refractivity contribution in [3.05, 3.63) is 65.7 Å². The molecule has 94 valence electrons. The van der Waals surface area contributed by atoms with Crippen molar-refractivity contribution >= 4 is 9.84 Å². The van der Waals surface area contributed by atoms with E-state index in [0.717, 1.165) is 11.1 Å². The Kier molecular flexibility index (Phi) is 3.50. The van der Waals surface area contributed by atoms with Crippen LogP contribution in [0.1, 0.15) is 17.2 Å². The number of benzene rings is 2. The summed E-state index contributed by atoms with van der Waals surface area (Å²) in [6.45, 7) is 0. The molecule has 0 saturated carbocycles. The molecule has 0 aliphatic rings. The Morgan fingerprint density at radius 3 is 1.89 bits per heavy atom. The molecule has 0 bridgehead atoms. The number of hydrogen-bond donors (Lipinski definition) is 1. The highest BCUT2D eigenvalue weighted by molar-refractivity contribution is 7.90. The van der Waals surface area contributed by atoms with Crippen LogP contribution in [0.3, 0.4) is 0 Å². The van der Waals surface area contributed by atoms with Crippen LogP contribution in [0.15, 0.2) is 59.5 Å². The van der Waals surface area contributed by atoms with E-state index in [1.165, 1.54) is 6.26 Å². The van der Waals surface area contributed by atoms with E-state index in [9.17, 15) is 8.42 Å². The Labute approximate surface area is 107 Å². The van der Waals surface area contributed by atoms with Gasteiger partial charge in [0, 0.05) is 6.26 Å². The zero-order valence-corrected chi connectivity index (χ0v) is 10.9. The number of hydrogen-bond acceptors (Lipinski definition) is 3. The Bertz CT molecular complexity index is 619. The number of sulfone groups is 1. The summed E-state index contributed by atoms with van der Waals surface area (Å²) >= 11 is 0. The molecule has 18 heavy (non-hydrogen) atoms. The summed E-state index contributed by atoms with van der Waals surface area (Å²) in [5.74, 6) is 0. The second-order valence-corrected chi connectivity index (χ2v) is 6.25. The SMILES string of the molecule is CS(=O)(=O)c1ccc(C(N)c2ccccc2)cc1. The summed E-state index contributed by atoms with van der Waals surface area (Å²) in [6.07, 6.45) is 1.19. The highest BCUT2D eigenvalue weighted by Gasteiger charge is 2.10. The molecule has 0 radical (unpaired) electrons. The lowest BCUT2D eigenvalue weighted by molar-refractivity contribution is 0.602. The molecule has 2 aromatic rings. The maximum atomic E-state index is 11.4. The van der Waals surface area contributed by atoms with Gasteiger partial charge < -0.3 is 5.73 Å². The maximum Gasteiger partial charge on any atom is 0.175 e. The van der Waals surface area contributed by atoms with Gasteiger partial charge in [0.25, 0.3) is 0 Å². The molecule has 1 atom stereocenters. The van der Waals surface area contributed by atoms with Gasteiger partial charge in [0.2, 0.25) is 0 Å². The van der Waals surface area contributed by atoms with Gasteiger partial charge in [-0.15, -0.1) is 0 Å². The minimum absolute atomic E-state index is 0.236. The highest BCUT2D eigenvalue weighted by atomic mass is 32.2. The summed E-state index contributed by atoms with van der Waals surface area (Å²) in [7, 11) is -3.15. The zero-order valence-electron chi connectivity index (χ0n) is 10.1. The van der Waals surface area contributed by atoms with E-state index in [4.69, 9.17) is 5.73 Å². The number of rotatable bonds is 3. The fourth-order valence-electron chi connectivity index (χ4n) is 1.78. The van der Waals surface area contributed by atoms with E-state index in [1.807, 2.05) is 30.3 Å². The van der Waals surface area contributed by atoms with Crippen LogP contribution in [0, 0.1) is 0 Å². The van der Waals surface area contributed by atoms with E-state index in [2.05, 4.69) is 0 Å². The van der Waals surface area contributed by atoms with Gasteiger partial charge in [0.05, 0.1) is 10.9 Å².